The lowest BCUT2D eigenvalue weighted by atomic mass is 10.6. The van der Waals surface area contributed by atoms with Crippen molar-refractivity contribution >= 4 is 17.5 Å². The molecule has 0 spiro atoms. The maximum Gasteiger partial charge on any atom is 0.411 e. The van der Waals surface area contributed by atoms with E-state index < -0.39 is 12.8 Å². The zero-order chi connectivity index (χ0) is 15.3. The first kappa shape index (κ1) is 15.4. The van der Waals surface area contributed by atoms with E-state index in [4.69, 9.17) is 11.6 Å². The van der Waals surface area contributed by atoms with Gasteiger partial charge >= 0.3 is 6.18 Å². The zero-order valence-corrected chi connectivity index (χ0v) is 11.3. The minimum atomic E-state index is -4.34. The van der Waals surface area contributed by atoms with Crippen LogP contribution >= 0.6 is 11.6 Å². The number of ether oxygens (including phenoxy) is 1. The molecule has 0 aliphatic rings. The molecule has 0 saturated carbocycles. The Kier molecular flexibility index (Phi) is 4.91. The first-order valence-electron chi connectivity index (χ1n) is 5.72. The molecule has 0 saturated heterocycles. The van der Waals surface area contributed by atoms with Crippen LogP contribution in [0.5, 0.6) is 0 Å². The minimum Gasteiger partial charge on any atom is -0.370 e. The Morgan fingerprint density at radius 3 is 2.76 bits per heavy atom. The second-order valence-electron chi connectivity index (χ2n) is 3.79. The summed E-state index contributed by atoms with van der Waals surface area (Å²) in [7, 11) is 0. The topological polar surface area (TPSA) is 77.8 Å². The fourth-order valence-corrected chi connectivity index (χ4v) is 1.49. The summed E-state index contributed by atoms with van der Waals surface area (Å²) in [4.78, 5) is 15.6. The van der Waals surface area contributed by atoms with Gasteiger partial charge in [-0.1, -0.05) is 0 Å². The van der Waals surface area contributed by atoms with Crippen LogP contribution in [0.25, 0.3) is 5.95 Å². The van der Waals surface area contributed by atoms with Gasteiger partial charge in [-0.3, -0.25) is 4.57 Å². The van der Waals surface area contributed by atoms with Crippen molar-refractivity contribution in [3.63, 3.8) is 0 Å². The van der Waals surface area contributed by atoms with Gasteiger partial charge in [0.2, 0.25) is 17.2 Å². The molecule has 0 aromatic carbocycles. The molecule has 1 N–H and O–H groups in total. The van der Waals surface area contributed by atoms with E-state index in [2.05, 4.69) is 30.0 Å². The number of anilines is 1. The molecule has 0 aliphatic heterocycles. The van der Waals surface area contributed by atoms with Crippen LogP contribution in [0.3, 0.4) is 0 Å². The molecule has 0 aliphatic carbocycles. The highest BCUT2D eigenvalue weighted by molar-refractivity contribution is 6.28. The highest BCUT2D eigenvalue weighted by atomic mass is 35.5. The van der Waals surface area contributed by atoms with Gasteiger partial charge in [-0.2, -0.15) is 28.1 Å². The van der Waals surface area contributed by atoms with E-state index in [0.717, 1.165) is 0 Å². The fraction of sp³-hybridized carbons (Fsp3) is 0.400. The number of alkyl halides is 3. The number of rotatable bonds is 6. The SMILES string of the molecule is FC(F)(F)COCCNc1nc(Cl)nc(-n2ccnc2)n1. The molecule has 114 valence electrons. The molecule has 7 nitrogen and oxygen atoms in total. The van der Waals surface area contributed by atoms with Gasteiger partial charge in [-0.25, -0.2) is 4.98 Å². The first-order valence-corrected chi connectivity index (χ1v) is 6.10. The molecule has 2 rings (SSSR count). The van der Waals surface area contributed by atoms with Crippen molar-refractivity contribution in [1.29, 1.82) is 0 Å². The third-order valence-corrected chi connectivity index (χ3v) is 2.30. The molecule has 0 radical (unpaired) electrons. The van der Waals surface area contributed by atoms with Gasteiger partial charge in [0.25, 0.3) is 0 Å². The van der Waals surface area contributed by atoms with E-state index in [0.29, 0.717) is 0 Å². The molecule has 0 unspecified atom stereocenters. The molecule has 2 heterocycles. The lowest BCUT2D eigenvalue weighted by molar-refractivity contribution is -0.172. The summed E-state index contributed by atoms with van der Waals surface area (Å²) in [6, 6.07) is 0. The summed E-state index contributed by atoms with van der Waals surface area (Å²) in [5.41, 5.74) is 0. The lowest BCUT2D eigenvalue weighted by Gasteiger charge is -2.09. The predicted molar refractivity (Wildman–Crippen MR) is 67.3 cm³/mol. The number of nitrogens with zero attached hydrogens (tertiary/aromatic N) is 5. The second-order valence-corrected chi connectivity index (χ2v) is 4.13. The van der Waals surface area contributed by atoms with Crippen molar-refractivity contribution < 1.29 is 17.9 Å². The summed E-state index contributed by atoms with van der Waals surface area (Å²) in [5.74, 6) is 0.375. The van der Waals surface area contributed by atoms with Gasteiger partial charge < -0.3 is 10.1 Å². The van der Waals surface area contributed by atoms with Gasteiger partial charge in [0.05, 0.1) is 6.61 Å². The van der Waals surface area contributed by atoms with Crippen LogP contribution in [0.1, 0.15) is 0 Å². The quantitative estimate of drug-likeness (QED) is 0.816. The van der Waals surface area contributed by atoms with Crippen LogP contribution in [0.4, 0.5) is 19.1 Å². The fourth-order valence-electron chi connectivity index (χ4n) is 1.33. The molecule has 2 aromatic rings. The van der Waals surface area contributed by atoms with Crippen LogP contribution in [0.2, 0.25) is 5.28 Å². The third kappa shape index (κ3) is 5.16. The van der Waals surface area contributed by atoms with Crippen LogP contribution < -0.4 is 5.32 Å². The van der Waals surface area contributed by atoms with Gasteiger partial charge in [0, 0.05) is 18.9 Å². The summed E-state index contributed by atoms with van der Waals surface area (Å²) >= 11 is 5.75. The second kappa shape index (κ2) is 6.68. The van der Waals surface area contributed by atoms with E-state index in [1.807, 2.05) is 0 Å². The Balaban J connectivity index is 1.89. The van der Waals surface area contributed by atoms with E-state index in [9.17, 15) is 13.2 Å². The van der Waals surface area contributed by atoms with Gasteiger partial charge in [0.15, 0.2) is 0 Å². The number of imidazole rings is 1. The average molecular weight is 323 g/mol. The zero-order valence-electron chi connectivity index (χ0n) is 10.5. The Morgan fingerprint density at radius 2 is 2.10 bits per heavy atom. The molecule has 0 bridgehead atoms. The molecule has 21 heavy (non-hydrogen) atoms. The maximum absolute atomic E-state index is 11.9. The summed E-state index contributed by atoms with van der Waals surface area (Å²) in [6.07, 6.45) is 0.282. The molecular formula is C10H10ClF3N6O. The van der Waals surface area contributed by atoms with Crippen molar-refractivity contribution in [2.75, 3.05) is 25.1 Å². The Bertz CT molecular complexity index is 577. The van der Waals surface area contributed by atoms with Crippen LogP contribution in [0, 0.1) is 0 Å². The number of hydrogen-bond acceptors (Lipinski definition) is 6. The highest BCUT2D eigenvalue weighted by Crippen LogP contribution is 2.14. The van der Waals surface area contributed by atoms with Gasteiger partial charge in [-0.15, -0.1) is 0 Å². The van der Waals surface area contributed by atoms with E-state index in [1.54, 1.807) is 6.20 Å². The maximum atomic E-state index is 11.9. The number of nitrogens with one attached hydrogen (secondary N) is 1. The molecular weight excluding hydrogens is 313 g/mol. The van der Waals surface area contributed by atoms with Crippen LogP contribution in [0.15, 0.2) is 18.7 Å². The monoisotopic (exact) mass is 322 g/mol. The largest absolute Gasteiger partial charge is 0.411 e. The number of hydrogen-bond donors (Lipinski definition) is 1. The molecule has 0 amide bonds. The Labute approximate surface area is 122 Å². The van der Waals surface area contributed by atoms with Crippen molar-refractivity contribution in [3.8, 4) is 5.95 Å². The summed E-state index contributed by atoms with van der Waals surface area (Å²) < 4.78 is 41.6. The lowest BCUT2D eigenvalue weighted by Crippen LogP contribution is -2.20. The summed E-state index contributed by atoms with van der Waals surface area (Å²) in [5, 5.41) is 2.65. The number of halogens is 4. The Morgan fingerprint density at radius 1 is 1.29 bits per heavy atom. The average Bonchev–Trinajstić information content (AvgIpc) is 2.90. The normalized spacial score (nSPS) is 11.6. The highest BCUT2D eigenvalue weighted by Gasteiger charge is 2.27. The third-order valence-electron chi connectivity index (χ3n) is 2.13. The molecule has 0 fully saturated rings. The summed E-state index contributed by atoms with van der Waals surface area (Å²) in [6.45, 7) is -1.35. The molecule has 2 aromatic heterocycles. The van der Waals surface area contributed by atoms with Crippen LogP contribution in [-0.4, -0.2) is 50.4 Å². The smallest absolute Gasteiger partial charge is 0.370 e. The van der Waals surface area contributed by atoms with Crippen molar-refractivity contribution in [1.82, 2.24) is 24.5 Å². The first-order chi connectivity index (χ1) is 9.94. The van der Waals surface area contributed by atoms with Gasteiger partial charge in [-0.05, 0) is 11.6 Å². The van der Waals surface area contributed by atoms with Crippen molar-refractivity contribution in [2.45, 2.75) is 6.18 Å². The van der Waals surface area contributed by atoms with E-state index >= 15 is 0 Å². The predicted octanol–water partition coefficient (Wildman–Crippen LogP) is 1.70. The van der Waals surface area contributed by atoms with E-state index in [1.165, 1.54) is 17.1 Å². The molecule has 0 atom stereocenters. The van der Waals surface area contributed by atoms with Crippen LogP contribution in [-0.2, 0) is 4.74 Å². The standard InChI is InChI=1S/C10H10ClF3N6O/c11-7-17-8(16-2-4-21-5-10(12,13)14)19-9(18-7)20-3-1-15-6-20/h1,3,6H,2,4-5H2,(H,16,17,18,19). The van der Waals surface area contributed by atoms with Gasteiger partial charge in [0.1, 0.15) is 12.9 Å². The minimum absolute atomic E-state index is 0.0487. The van der Waals surface area contributed by atoms with Crippen molar-refractivity contribution in [2.24, 2.45) is 0 Å². The van der Waals surface area contributed by atoms with Crippen molar-refractivity contribution in [3.05, 3.63) is 24.0 Å². The van der Waals surface area contributed by atoms with E-state index in [-0.39, 0.29) is 30.3 Å². The Hall–Kier alpha value is -1.94. The number of aromatic nitrogens is 5. The molecule has 11 heteroatoms.